The SMILES string of the molecule is Cc1ccc(CN2C(=O)S/C(=C\c3ccc(-c4ccccc4C(=O)O)o3)C2=O)c(C)c1. The normalized spacial score (nSPS) is 15.2. The highest BCUT2D eigenvalue weighted by Crippen LogP contribution is 2.35. The summed E-state index contributed by atoms with van der Waals surface area (Å²) >= 11 is 0.862. The van der Waals surface area contributed by atoms with Gasteiger partial charge in [0, 0.05) is 11.6 Å². The fraction of sp³-hybridized carbons (Fsp3) is 0.125. The molecule has 1 aliphatic rings. The third-order valence-corrected chi connectivity index (χ3v) is 5.93. The minimum absolute atomic E-state index is 0.122. The van der Waals surface area contributed by atoms with E-state index in [4.69, 9.17) is 4.42 Å². The summed E-state index contributed by atoms with van der Waals surface area (Å²) in [4.78, 5) is 38.2. The van der Waals surface area contributed by atoms with Crippen LogP contribution in [0.3, 0.4) is 0 Å². The molecule has 0 unspecified atom stereocenters. The number of furan rings is 1. The molecule has 7 heteroatoms. The Balaban J connectivity index is 1.57. The van der Waals surface area contributed by atoms with Gasteiger partial charge in [-0.05, 0) is 54.9 Å². The van der Waals surface area contributed by atoms with Crippen molar-refractivity contribution in [2.45, 2.75) is 20.4 Å². The largest absolute Gasteiger partial charge is 0.478 e. The van der Waals surface area contributed by atoms with Crippen LogP contribution in [0.25, 0.3) is 17.4 Å². The second kappa shape index (κ2) is 8.28. The number of carboxylic acids is 1. The van der Waals surface area contributed by atoms with Crippen LogP contribution in [0.5, 0.6) is 0 Å². The van der Waals surface area contributed by atoms with Crippen molar-refractivity contribution in [1.29, 1.82) is 0 Å². The molecule has 0 spiro atoms. The van der Waals surface area contributed by atoms with Crippen LogP contribution in [0.4, 0.5) is 4.79 Å². The lowest BCUT2D eigenvalue weighted by atomic mass is 10.1. The summed E-state index contributed by atoms with van der Waals surface area (Å²) < 4.78 is 5.76. The second-order valence-corrected chi connectivity index (χ2v) is 8.24. The fourth-order valence-electron chi connectivity index (χ4n) is 3.42. The number of carbonyl (C=O) groups excluding carboxylic acids is 2. The Bertz CT molecular complexity index is 1240. The van der Waals surface area contributed by atoms with Crippen LogP contribution in [0.2, 0.25) is 0 Å². The molecule has 1 aromatic heterocycles. The lowest BCUT2D eigenvalue weighted by Gasteiger charge is -2.14. The highest BCUT2D eigenvalue weighted by atomic mass is 32.2. The average molecular weight is 433 g/mol. The number of carbonyl (C=O) groups is 3. The summed E-state index contributed by atoms with van der Waals surface area (Å²) in [6.45, 7) is 4.16. The van der Waals surface area contributed by atoms with Crippen LogP contribution in [0.1, 0.15) is 32.8 Å². The van der Waals surface area contributed by atoms with Crippen molar-refractivity contribution in [3.8, 4) is 11.3 Å². The van der Waals surface area contributed by atoms with Crippen molar-refractivity contribution < 1.29 is 23.9 Å². The van der Waals surface area contributed by atoms with E-state index in [9.17, 15) is 19.5 Å². The minimum Gasteiger partial charge on any atom is -0.478 e. The first-order valence-electron chi connectivity index (χ1n) is 9.57. The molecule has 0 radical (unpaired) electrons. The van der Waals surface area contributed by atoms with E-state index in [1.165, 1.54) is 17.0 Å². The molecule has 2 amide bonds. The van der Waals surface area contributed by atoms with E-state index >= 15 is 0 Å². The minimum atomic E-state index is -1.05. The summed E-state index contributed by atoms with van der Waals surface area (Å²) in [6.07, 6.45) is 1.51. The van der Waals surface area contributed by atoms with Gasteiger partial charge in [-0.3, -0.25) is 14.5 Å². The highest BCUT2D eigenvalue weighted by molar-refractivity contribution is 8.18. The molecule has 4 rings (SSSR count). The molecule has 1 aliphatic heterocycles. The summed E-state index contributed by atoms with van der Waals surface area (Å²) in [5.41, 5.74) is 3.62. The van der Waals surface area contributed by atoms with Crippen molar-refractivity contribution >= 4 is 35.0 Å². The van der Waals surface area contributed by atoms with Crippen molar-refractivity contribution in [3.05, 3.63) is 87.5 Å². The number of nitrogens with zero attached hydrogens (tertiary/aromatic N) is 1. The van der Waals surface area contributed by atoms with E-state index in [1.54, 1.807) is 30.3 Å². The standard InChI is InChI=1S/C24H19NO5S/c1-14-7-8-16(15(2)11-14)13-25-22(26)21(31-24(25)29)12-17-9-10-20(30-17)18-5-3-4-6-19(18)23(27)28/h3-12H,13H2,1-2H3,(H,27,28)/b21-12-. The number of hydrogen-bond acceptors (Lipinski definition) is 5. The summed E-state index contributed by atoms with van der Waals surface area (Å²) in [7, 11) is 0. The molecule has 1 fully saturated rings. The maximum Gasteiger partial charge on any atom is 0.336 e. The fourth-order valence-corrected chi connectivity index (χ4v) is 4.24. The highest BCUT2D eigenvalue weighted by Gasteiger charge is 2.35. The molecule has 1 N–H and O–H groups in total. The van der Waals surface area contributed by atoms with Gasteiger partial charge in [-0.1, -0.05) is 42.0 Å². The zero-order valence-electron chi connectivity index (χ0n) is 16.9. The molecular weight excluding hydrogens is 414 g/mol. The van der Waals surface area contributed by atoms with Crippen molar-refractivity contribution in [2.24, 2.45) is 0 Å². The van der Waals surface area contributed by atoms with E-state index < -0.39 is 5.97 Å². The first-order valence-corrected chi connectivity index (χ1v) is 10.4. The number of imide groups is 1. The van der Waals surface area contributed by atoms with Gasteiger partial charge in [0.05, 0.1) is 17.0 Å². The number of amides is 2. The molecule has 1 saturated heterocycles. The number of hydrogen-bond donors (Lipinski definition) is 1. The Hall–Kier alpha value is -3.58. The molecule has 2 aromatic carbocycles. The van der Waals surface area contributed by atoms with Gasteiger partial charge >= 0.3 is 5.97 Å². The second-order valence-electron chi connectivity index (χ2n) is 7.25. The van der Waals surface area contributed by atoms with Crippen LogP contribution < -0.4 is 0 Å². The van der Waals surface area contributed by atoms with E-state index in [-0.39, 0.29) is 28.2 Å². The first-order chi connectivity index (χ1) is 14.8. The molecule has 0 saturated carbocycles. The number of aryl methyl sites for hydroxylation is 2. The van der Waals surface area contributed by atoms with Gasteiger partial charge in [-0.2, -0.15) is 0 Å². The smallest absolute Gasteiger partial charge is 0.336 e. The van der Waals surface area contributed by atoms with Gasteiger partial charge in [0.2, 0.25) is 0 Å². The van der Waals surface area contributed by atoms with Crippen LogP contribution >= 0.6 is 11.8 Å². The molecule has 3 aromatic rings. The number of rotatable bonds is 5. The molecule has 0 aliphatic carbocycles. The zero-order valence-corrected chi connectivity index (χ0v) is 17.7. The number of carboxylic acid groups (broad SMARTS) is 1. The Morgan fingerprint density at radius 3 is 2.61 bits per heavy atom. The topological polar surface area (TPSA) is 87.8 Å². The maximum atomic E-state index is 12.8. The maximum absolute atomic E-state index is 12.8. The molecule has 0 atom stereocenters. The Morgan fingerprint density at radius 1 is 1.10 bits per heavy atom. The quantitative estimate of drug-likeness (QED) is 0.535. The number of thioether (sulfide) groups is 1. The Morgan fingerprint density at radius 2 is 1.87 bits per heavy atom. The van der Waals surface area contributed by atoms with Crippen LogP contribution in [-0.4, -0.2) is 27.1 Å². The van der Waals surface area contributed by atoms with Gasteiger partial charge in [-0.25, -0.2) is 4.79 Å². The third-order valence-electron chi connectivity index (χ3n) is 5.02. The summed E-state index contributed by atoms with van der Waals surface area (Å²) in [6, 6.07) is 15.7. The predicted octanol–water partition coefficient (Wildman–Crippen LogP) is 5.50. The van der Waals surface area contributed by atoms with Crippen LogP contribution in [-0.2, 0) is 11.3 Å². The van der Waals surface area contributed by atoms with E-state index in [2.05, 4.69) is 0 Å². The van der Waals surface area contributed by atoms with Gasteiger partial charge < -0.3 is 9.52 Å². The first kappa shape index (κ1) is 20.7. The Labute approximate surface area is 183 Å². The molecule has 0 bridgehead atoms. The third kappa shape index (κ3) is 4.18. The molecule has 31 heavy (non-hydrogen) atoms. The van der Waals surface area contributed by atoms with Crippen molar-refractivity contribution in [1.82, 2.24) is 4.90 Å². The van der Waals surface area contributed by atoms with Gasteiger partial charge in [0.15, 0.2) is 0 Å². The lowest BCUT2D eigenvalue weighted by molar-refractivity contribution is -0.123. The van der Waals surface area contributed by atoms with Gasteiger partial charge in [-0.15, -0.1) is 0 Å². The molecule has 6 nitrogen and oxygen atoms in total. The Kier molecular flexibility index (Phi) is 5.52. The predicted molar refractivity (Wildman–Crippen MR) is 119 cm³/mol. The van der Waals surface area contributed by atoms with E-state index in [1.807, 2.05) is 32.0 Å². The molecule has 2 heterocycles. The summed E-state index contributed by atoms with van der Waals surface area (Å²) in [5, 5.41) is 9.03. The molecular formula is C24H19NO5S. The number of benzene rings is 2. The van der Waals surface area contributed by atoms with Crippen LogP contribution in [0.15, 0.2) is 63.9 Å². The average Bonchev–Trinajstić information content (AvgIpc) is 3.30. The molecule has 156 valence electrons. The van der Waals surface area contributed by atoms with Crippen molar-refractivity contribution in [2.75, 3.05) is 0 Å². The van der Waals surface area contributed by atoms with Crippen molar-refractivity contribution in [3.63, 3.8) is 0 Å². The monoisotopic (exact) mass is 433 g/mol. The number of aromatic carboxylic acids is 1. The van der Waals surface area contributed by atoms with E-state index in [0.717, 1.165) is 28.5 Å². The van der Waals surface area contributed by atoms with Crippen LogP contribution in [0, 0.1) is 13.8 Å². The summed E-state index contributed by atoms with van der Waals surface area (Å²) in [5.74, 6) is -0.689. The zero-order chi connectivity index (χ0) is 22.1. The van der Waals surface area contributed by atoms with E-state index in [0.29, 0.717) is 17.1 Å². The lowest BCUT2D eigenvalue weighted by Crippen LogP contribution is -2.27. The van der Waals surface area contributed by atoms with Gasteiger partial charge in [0.25, 0.3) is 11.1 Å². The van der Waals surface area contributed by atoms with Gasteiger partial charge in [0.1, 0.15) is 11.5 Å².